The molecular weight excluding hydrogens is 412 g/mol. The van der Waals surface area contributed by atoms with Gasteiger partial charge in [-0.15, -0.1) is 0 Å². The largest absolute Gasteiger partial charge is 0.481 e. The van der Waals surface area contributed by atoms with Crippen LogP contribution in [0, 0.1) is 6.92 Å². The van der Waals surface area contributed by atoms with Gasteiger partial charge in [0, 0.05) is 12.2 Å². The SMILES string of the molecule is CCC(Oc1ccc(C)cc1)C(=O)Nc1ccc(S(=O)(=O)NCc2ccccc2)cc1. The number of hydrogen-bond donors (Lipinski definition) is 2. The molecule has 1 amide bonds. The monoisotopic (exact) mass is 438 g/mol. The minimum absolute atomic E-state index is 0.129. The first-order valence-corrected chi connectivity index (χ1v) is 11.5. The summed E-state index contributed by atoms with van der Waals surface area (Å²) in [5.74, 6) is 0.333. The molecule has 2 N–H and O–H groups in total. The third-order valence-electron chi connectivity index (χ3n) is 4.70. The van der Waals surface area contributed by atoms with Crippen molar-refractivity contribution in [2.45, 2.75) is 37.8 Å². The van der Waals surface area contributed by atoms with E-state index in [1.54, 1.807) is 12.1 Å². The van der Waals surface area contributed by atoms with Crippen molar-refractivity contribution in [3.05, 3.63) is 90.0 Å². The Hall–Kier alpha value is -3.16. The highest BCUT2D eigenvalue weighted by Crippen LogP contribution is 2.18. The molecule has 31 heavy (non-hydrogen) atoms. The first-order chi connectivity index (χ1) is 14.9. The lowest BCUT2D eigenvalue weighted by Crippen LogP contribution is -2.32. The molecule has 0 spiro atoms. The molecule has 0 radical (unpaired) electrons. The predicted octanol–water partition coefficient (Wildman–Crippen LogP) is 4.27. The molecule has 162 valence electrons. The van der Waals surface area contributed by atoms with Crippen LogP contribution in [0.15, 0.2) is 83.8 Å². The molecule has 0 aliphatic carbocycles. The number of carbonyl (C=O) groups is 1. The summed E-state index contributed by atoms with van der Waals surface area (Å²) in [7, 11) is -3.66. The number of aryl methyl sites for hydroxylation is 1. The van der Waals surface area contributed by atoms with E-state index in [2.05, 4.69) is 10.0 Å². The van der Waals surface area contributed by atoms with Crippen LogP contribution in [0.5, 0.6) is 5.75 Å². The van der Waals surface area contributed by atoms with Crippen molar-refractivity contribution < 1.29 is 17.9 Å². The number of rotatable bonds is 9. The van der Waals surface area contributed by atoms with E-state index in [-0.39, 0.29) is 17.3 Å². The van der Waals surface area contributed by atoms with E-state index >= 15 is 0 Å². The molecular formula is C24H26N2O4S. The third-order valence-corrected chi connectivity index (χ3v) is 6.12. The lowest BCUT2D eigenvalue weighted by molar-refractivity contribution is -0.122. The molecule has 0 bridgehead atoms. The summed E-state index contributed by atoms with van der Waals surface area (Å²) in [6, 6.07) is 22.8. The number of ether oxygens (including phenoxy) is 1. The smallest absolute Gasteiger partial charge is 0.265 e. The van der Waals surface area contributed by atoms with E-state index in [1.165, 1.54) is 12.1 Å². The van der Waals surface area contributed by atoms with Crippen molar-refractivity contribution >= 4 is 21.6 Å². The Morgan fingerprint density at radius 1 is 0.935 bits per heavy atom. The summed E-state index contributed by atoms with van der Waals surface area (Å²) in [4.78, 5) is 12.7. The Balaban J connectivity index is 1.60. The highest BCUT2D eigenvalue weighted by atomic mass is 32.2. The quantitative estimate of drug-likeness (QED) is 0.523. The molecule has 0 aromatic heterocycles. The lowest BCUT2D eigenvalue weighted by Gasteiger charge is -2.17. The highest BCUT2D eigenvalue weighted by Gasteiger charge is 2.19. The maximum Gasteiger partial charge on any atom is 0.265 e. The molecule has 1 atom stereocenters. The van der Waals surface area contributed by atoms with Crippen molar-refractivity contribution in [1.82, 2.24) is 4.72 Å². The summed E-state index contributed by atoms with van der Waals surface area (Å²) >= 11 is 0. The number of carbonyl (C=O) groups excluding carboxylic acids is 1. The molecule has 1 unspecified atom stereocenters. The number of anilines is 1. The zero-order valence-corrected chi connectivity index (χ0v) is 18.4. The van der Waals surface area contributed by atoms with E-state index in [0.29, 0.717) is 17.9 Å². The van der Waals surface area contributed by atoms with Crippen molar-refractivity contribution in [1.29, 1.82) is 0 Å². The molecule has 0 heterocycles. The fourth-order valence-corrected chi connectivity index (χ4v) is 3.92. The van der Waals surface area contributed by atoms with Gasteiger partial charge in [0.15, 0.2) is 6.10 Å². The van der Waals surface area contributed by atoms with E-state index in [0.717, 1.165) is 11.1 Å². The minimum Gasteiger partial charge on any atom is -0.481 e. The molecule has 6 nitrogen and oxygen atoms in total. The van der Waals surface area contributed by atoms with Crippen LogP contribution < -0.4 is 14.8 Å². The second kappa shape index (κ2) is 10.2. The summed E-state index contributed by atoms with van der Waals surface area (Å²) in [6.07, 6.45) is -0.158. The minimum atomic E-state index is -3.66. The van der Waals surface area contributed by atoms with Gasteiger partial charge in [0.2, 0.25) is 10.0 Å². The number of hydrogen-bond acceptors (Lipinski definition) is 4. The third kappa shape index (κ3) is 6.41. The van der Waals surface area contributed by atoms with Gasteiger partial charge in [0.1, 0.15) is 5.75 Å². The van der Waals surface area contributed by atoms with E-state index < -0.39 is 16.1 Å². The van der Waals surface area contributed by atoms with Gasteiger partial charge >= 0.3 is 0 Å². The Morgan fingerprint density at radius 2 is 1.58 bits per heavy atom. The van der Waals surface area contributed by atoms with E-state index in [1.807, 2.05) is 68.4 Å². The van der Waals surface area contributed by atoms with Crippen LogP contribution in [-0.2, 0) is 21.4 Å². The fourth-order valence-electron chi connectivity index (χ4n) is 2.90. The fraction of sp³-hybridized carbons (Fsp3) is 0.208. The van der Waals surface area contributed by atoms with Crippen LogP contribution >= 0.6 is 0 Å². The molecule has 0 fully saturated rings. The normalized spacial score (nSPS) is 12.2. The average molecular weight is 439 g/mol. The van der Waals surface area contributed by atoms with Gasteiger partial charge < -0.3 is 10.1 Å². The van der Waals surface area contributed by atoms with Crippen molar-refractivity contribution in [3.63, 3.8) is 0 Å². The van der Waals surface area contributed by atoms with Gasteiger partial charge in [-0.1, -0.05) is 55.0 Å². The van der Waals surface area contributed by atoms with E-state index in [4.69, 9.17) is 4.74 Å². The zero-order valence-electron chi connectivity index (χ0n) is 17.5. The first-order valence-electron chi connectivity index (χ1n) is 10.1. The Kier molecular flexibility index (Phi) is 7.44. The van der Waals surface area contributed by atoms with Crippen LogP contribution in [0.4, 0.5) is 5.69 Å². The second-order valence-electron chi connectivity index (χ2n) is 7.15. The van der Waals surface area contributed by atoms with Gasteiger partial charge in [0.25, 0.3) is 5.91 Å². The molecule has 3 aromatic carbocycles. The summed E-state index contributed by atoms with van der Waals surface area (Å²) < 4.78 is 33.4. The highest BCUT2D eigenvalue weighted by molar-refractivity contribution is 7.89. The standard InChI is InChI=1S/C24H26N2O4S/c1-3-23(30-21-13-9-18(2)10-14-21)24(27)26-20-11-15-22(16-12-20)31(28,29)25-17-19-7-5-4-6-8-19/h4-16,23,25H,3,17H2,1-2H3,(H,26,27). The van der Waals surface area contributed by atoms with Crippen molar-refractivity contribution in [2.75, 3.05) is 5.32 Å². The van der Waals surface area contributed by atoms with Gasteiger partial charge in [-0.2, -0.15) is 0 Å². The Morgan fingerprint density at radius 3 is 2.19 bits per heavy atom. The molecule has 3 rings (SSSR count). The maximum absolute atomic E-state index is 12.6. The molecule has 0 saturated carbocycles. The van der Waals surface area contributed by atoms with Crippen LogP contribution in [-0.4, -0.2) is 20.4 Å². The Bertz CT molecular complexity index is 1100. The predicted molar refractivity (Wildman–Crippen MR) is 121 cm³/mol. The van der Waals surface area contributed by atoms with Crippen LogP contribution in [0.2, 0.25) is 0 Å². The zero-order chi connectivity index (χ0) is 22.3. The summed E-state index contributed by atoms with van der Waals surface area (Å²) in [5.41, 5.74) is 2.48. The summed E-state index contributed by atoms with van der Waals surface area (Å²) in [6.45, 7) is 4.05. The van der Waals surface area contributed by atoms with Gasteiger partial charge in [-0.05, 0) is 55.3 Å². The van der Waals surface area contributed by atoms with Gasteiger partial charge in [0.05, 0.1) is 4.90 Å². The maximum atomic E-state index is 12.6. The van der Waals surface area contributed by atoms with Crippen LogP contribution in [0.3, 0.4) is 0 Å². The molecule has 0 saturated heterocycles. The van der Waals surface area contributed by atoms with Crippen LogP contribution in [0.25, 0.3) is 0 Å². The molecule has 0 aliphatic heterocycles. The van der Waals surface area contributed by atoms with Gasteiger partial charge in [-0.3, -0.25) is 4.79 Å². The van der Waals surface area contributed by atoms with Crippen LogP contribution in [0.1, 0.15) is 24.5 Å². The average Bonchev–Trinajstić information content (AvgIpc) is 2.78. The second-order valence-corrected chi connectivity index (χ2v) is 8.92. The number of nitrogens with one attached hydrogen (secondary N) is 2. The topological polar surface area (TPSA) is 84.5 Å². The lowest BCUT2D eigenvalue weighted by atomic mass is 10.2. The van der Waals surface area contributed by atoms with Crippen molar-refractivity contribution in [2.24, 2.45) is 0 Å². The first kappa shape index (κ1) is 22.5. The Labute approximate surface area is 183 Å². The molecule has 0 aliphatic rings. The number of sulfonamides is 1. The summed E-state index contributed by atoms with van der Waals surface area (Å²) in [5, 5.41) is 2.78. The van der Waals surface area contributed by atoms with Gasteiger partial charge in [-0.25, -0.2) is 13.1 Å². The number of benzene rings is 3. The molecule has 7 heteroatoms. The number of amides is 1. The van der Waals surface area contributed by atoms with E-state index in [9.17, 15) is 13.2 Å². The molecule has 3 aromatic rings. The van der Waals surface area contributed by atoms with Crippen molar-refractivity contribution in [3.8, 4) is 5.75 Å².